The highest BCUT2D eigenvalue weighted by Crippen LogP contribution is 2.21. The van der Waals surface area contributed by atoms with Gasteiger partial charge in [-0.15, -0.1) is 0 Å². The van der Waals surface area contributed by atoms with E-state index < -0.39 is 12.1 Å². The monoisotopic (exact) mass is 369 g/mol. The molecule has 1 atom stereocenters. The van der Waals surface area contributed by atoms with Crippen LogP contribution >= 0.6 is 11.8 Å². The summed E-state index contributed by atoms with van der Waals surface area (Å²) in [5.41, 5.74) is 2.47. The number of aryl methyl sites for hydroxylation is 1. The number of aromatic nitrogens is 2. The van der Waals surface area contributed by atoms with Crippen molar-refractivity contribution in [2.75, 3.05) is 11.6 Å². The van der Waals surface area contributed by atoms with E-state index in [1.165, 1.54) is 11.8 Å². The first kappa shape index (κ1) is 18.0. The van der Waals surface area contributed by atoms with Crippen molar-refractivity contribution in [2.24, 2.45) is 0 Å². The van der Waals surface area contributed by atoms with E-state index in [1.807, 2.05) is 54.1 Å². The highest BCUT2D eigenvalue weighted by Gasteiger charge is 2.23. The Labute approximate surface area is 155 Å². The normalized spacial score (nSPS) is 12.0. The van der Waals surface area contributed by atoms with Gasteiger partial charge in [0.15, 0.2) is 17.0 Å². The molecule has 0 spiro atoms. The van der Waals surface area contributed by atoms with Crippen LogP contribution in [0.25, 0.3) is 5.52 Å². The van der Waals surface area contributed by atoms with Crippen molar-refractivity contribution in [3.8, 4) is 0 Å². The van der Waals surface area contributed by atoms with Gasteiger partial charge in [-0.2, -0.15) is 0 Å². The van der Waals surface area contributed by atoms with Gasteiger partial charge in [0.25, 0.3) is 5.91 Å². The number of ether oxygens (including phenoxy) is 1. The maximum Gasteiger partial charge on any atom is 0.360 e. The summed E-state index contributed by atoms with van der Waals surface area (Å²) < 4.78 is 7.16. The summed E-state index contributed by atoms with van der Waals surface area (Å²) in [6.07, 6.45) is 2.77. The summed E-state index contributed by atoms with van der Waals surface area (Å²) in [7, 11) is 0. The minimum Gasteiger partial charge on any atom is -0.448 e. The number of rotatable bonds is 5. The fourth-order valence-corrected chi connectivity index (χ4v) is 3.06. The number of thioether (sulfide) groups is 1. The molecule has 7 heteroatoms. The lowest BCUT2D eigenvalue weighted by atomic mass is 10.2. The molecule has 6 nitrogen and oxygen atoms in total. The molecule has 0 radical (unpaired) electrons. The van der Waals surface area contributed by atoms with Gasteiger partial charge < -0.3 is 10.1 Å². The smallest absolute Gasteiger partial charge is 0.360 e. The highest BCUT2D eigenvalue weighted by atomic mass is 32.2. The van der Waals surface area contributed by atoms with Crippen LogP contribution in [-0.4, -0.2) is 33.6 Å². The first-order chi connectivity index (χ1) is 12.5. The molecule has 1 aromatic carbocycles. The van der Waals surface area contributed by atoms with Crippen LogP contribution in [0.5, 0.6) is 0 Å². The predicted octanol–water partition coefficient (Wildman–Crippen LogP) is 3.55. The van der Waals surface area contributed by atoms with E-state index in [9.17, 15) is 9.59 Å². The van der Waals surface area contributed by atoms with Crippen molar-refractivity contribution in [2.45, 2.75) is 25.1 Å². The number of esters is 1. The van der Waals surface area contributed by atoms with Crippen molar-refractivity contribution in [3.05, 3.63) is 59.9 Å². The van der Waals surface area contributed by atoms with Gasteiger partial charge in [0.05, 0.1) is 5.52 Å². The predicted molar refractivity (Wildman–Crippen MR) is 102 cm³/mol. The number of amides is 1. The number of pyridine rings is 1. The Balaban J connectivity index is 1.75. The molecule has 0 fully saturated rings. The number of nitrogens with zero attached hydrogens (tertiary/aromatic N) is 2. The maximum absolute atomic E-state index is 12.5. The second-order valence-electron chi connectivity index (χ2n) is 5.75. The lowest BCUT2D eigenvalue weighted by Crippen LogP contribution is -2.30. The zero-order valence-corrected chi connectivity index (χ0v) is 15.5. The van der Waals surface area contributed by atoms with E-state index in [1.54, 1.807) is 19.1 Å². The molecule has 1 unspecified atom stereocenters. The summed E-state index contributed by atoms with van der Waals surface area (Å²) in [4.78, 5) is 29.2. The molecule has 1 N–H and O–H groups in total. The zero-order chi connectivity index (χ0) is 18.7. The van der Waals surface area contributed by atoms with Crippen molar-refractivity contribution >= 4 is 34.8 Å². The molecule has 0 aliphatic carbocycles. The number of benzene rings is 1. The Bertz CT molecular complexity index is 968. The Hall–Kier alpha value is -2.80. The van der Waals surface area contributed by atoms with Crippen molar-refractivity contribution < 1.29 is 14.3 Å². The van der Waals surface area contributed by atoms with Crippen LogP contribution in [0.15, 0.2) is 53.8 Å². The highest BCUT2D eigenvalue weighted by molar-refractivity contribution is 7.98. The molecule has 1 amide bonds. The third kappa shape index (κ3) is 3.57. The number of imidazole rings is 1. The standard InChI is InChI=1S/C19H19N3O3S/c1-12-8-4-5-9-14(12)20-17(23)13(2)25-18(24)16-15-10-6-7-11-22(15)19(21-16)26-3/h4-11,13H,1-3H3,(H,20,23). The van der Waals surface area contributed by atoms with E-state index in [4.69, 9.17) is 4.74 Å². The van der Waals surface area contributed by atoms with Crippen molar-refractivity contribution in [3.63, 3.8) is 0 Å². The average molecular weight is 369 g/mol. The van der Waals surface area contributed by atoms with Gasteiger partial charge >= 0.3 is 5.97 Å². The van der Waals surface area contributed by atoms with Gasteiger partial charge in [0.2, 0.25) is 0 Å². The molecular formula is C19H19N3O3S. The number of hydrogen-bond donors (Lipinski definition) is 1. The molecule has 0 aliphatic rings. The molecule has 0 bridgehead atoms. The minimum absolute atomic E-state index is 0.200. The van der Waals surface area contributed by atoms with E-state index in [2.05, 4.69) is 10.3 Å². The number of anilines is 1. The fraction of sp³-hybridized carbons (Fsp3) is 0.211. The summed E-state index contributed by atoms with van der Waals surface area (Å²) in [6, 6.07) is 12.9. The molecule has 3 aromatic rings. The molecule has 0 aliphatic heterocycles. The maximum atomic E-state index is 12.5. The summed E-state index contributed by atoms with van der Waals surface area (Å²) in [5.74, 6) is -1.01. The summed E-state index contributed by atoms with van der Waals surface area (Å²) in [6.45, 7) is 3.44. The Morgan fingerprint density at radius 2 is 1.92 bits per heavy atom. The molecule has 0 saturated heterocycles. The molecular weight excluding hydrogens is 350 g/mol. The van der Waals surface area contributed by atoms with Crippen LogP contribution < -0.4 is 5.32 Å². The number of para-hydroxylation sites is 1. The first-order valence-electron chi connectivity index (χ1n) is 8.10. The number of nitrogens with one attached hydrogen (secondary N) is 1. The van der Waals surface area contributed by atoms with Crippen molar-refractivity contribution in [1.29, 1.82) is 0 Å². The molecule has 26 heavy (non-hydrogen) atoms. The van der Waals surface area contributed by atoms with E-state index >= 15 is 0 Å². The fourth-order valence-electron chi connectivity index (χ4n) is 2.52. The van der Waals surface area contributed by atoms with E-state index in [0.717, 1.165) is 5.56 Å². The second kappa shape index (κ2) is 7.61. The largest absolute Gasteiger partial charge is 0.448 e. The Kier molecular flexibility index (Phi) is 5.27. The number of hydrogen-bond acceptors (Lipinski definition) is 5. The second-order valence-corrected chi connectivity index (χ2v) is 6.53. The number of carbonyl (C=O) groups is 2. The minimum atomic E-state index is -0.944. The lowest BCUT2D eigenvalue weighted by Gasteiger charge is -2.14. The first-order valence-corrected chi connectivity index (χ1v) is 9.32. The quantitative estimate of drug-likeness (QED) is 0.550. The summed E-state index contributed by atoms with van der Waals surface area (Å²) >= 11 is 1.43. The van der Waals surface area contributed by atoms with Crippen LogP contribution in [0.4, 0.5) is 5.69 Å². The zero-order valence-electron chi connectivity index (χ0n) is 14.7. The molecule has 3 rings (SSSR count). The average Bonchev–Trinajstić information content (AvgIpc) is 3.02. The van der Waals surface area contributed by atoms with Gasteiger partial charge in [-0.25, -0.2) is 9.78 Å². The number of carbonyl (C=O) groups excluding carboxylic acids is 2. The van der Waals surface area contributed by atoms with Gasteiger partial charge in [-0.3, -0.25) is 9.20 Å². The van der Waals surface area contributed by atoms with Gasteiger partial charge in [-0.05, 0) is 43.9 Å². The van der Waals surface area contributed by atoms with Gasteiger partial charge in [0.1, 0.15) is 0 Å². The lowest BCUT2D eigenvalue weighted by molar-refractivity contribution is -0.123. The molecule has 134 valence electrons. The third-order valence-electron chi connectivity index (χ3n) is 3.95. The SMILES string of the molecule is CSc1nc(C(=O)OC(C)C(=O)Nc2ccccc2C)c2ccccn12. The van der Waals surface area contributed by atoms with E-state index in [-0.39, 0.29) is 11.6 Å². The van der Waals surface area contributed by atoms with Gasteiger partial charge in [0, 0.05) is 11.9 Å². The summed E-state index contributed by atoms with van der Waals surface area (Å²) in [5, 5.41) is 3.46. The number of fused-ring (bicyclic) bond motifs is 1. The topological polar surface area (TPSA) is 72.7 Å². The Morgan fingerprint density at radius 3 is 2.65 bits per heavy atom. The van der Waals surface area contributed by atoms with E-state index in [0.29, 0.717) is 16.4 Å². The van der Waals surface area contributed by atoms with Crippen LogP contribution in [0.3, 0.4) is 0 Å². The van der Waals surface area contributed by atoms with Crippen LogP contribution in [0, 0.1) is 6.92 Å². The van der Waals surface area contributed by atoms with Crippen LogP contribution in [-0.2, 0) is 9.53 Å². The molecule has 2 heterocycles. The molecule has 0 saturated carbocycles. The van der Waals surface area contributed by atoms with Crippen LogP contribution in [0.2, 0.25) is 0 Å². The Morgan fingerprint density at radius 1 is 1.19 bits per heavy atom. The molecule has 2 aromatic heterocycles. The van der Waals surface area contributed by atoms with Crippen LogP contribution in [0.1, 0.15) is 23.0 Å². The van der Waals surface area contributed by atoms with Crippen molar-refractivity contribution in [1.82, 2.24) is 9.38 Å². The van der Waals surface area contributed by atoms with Gasteiger partial charge in [-0.1, -0.05) is 36.0 Å². The third-order valence-corrected chi connectivity index (χ3v) is 4.60.